The van der Waals surface area contributed by atoms with Gasteiger partial charge >= 0.3 is 29.6 Å². The third kappa shape index (κ3) is 5.88. The Morgan fingerprint density at radius 1 is 0.960 bits per heavy atom. The second kappa shape index (κ2) is 10.2. The van der Waals surface area contributed by atoms with E-state index in [-0.39, 0.29) is 48.2 Å². The van der Waals surface area contributed by atoms with Crippen LogP contribution in [-0.4, -0.2) is 26.0 Å². The van der Waals surface area contributed by atoms with E-state index in [1.54, 1.807) is 19.2 Å². The molecule has 0 saturated carbocycles. The molecule has 2 aromatic rings. The molecule has 0 N–H and O–H groups in total. The second-order valence-electron chi connectivity index (χ2n) is 5.32. The van der Waals surface area contributed by atoms with Gasteiger partial charge in [-0.05, 0) is 23.6 Å². The Morgan fingerprint density at radius 2 is 1.60 bits per heavy atom. The fourth-order valence-corrected chi connectivity index (χ4v) is 2.49. The van der Waals surface area contributed by atoms with E-state index < -0.39 is 5.97 Å². The quantitative estimate of drug-likeness (QED) is 0.451. The molecule has 0 spiro atoms. The molecule has 0 radical (unpaired) electrons. The Bertz CT molecular complexity index is 728. The first-order valence-electron chi connectivity index (χ1n) is 7.57. The Balaban J connectivity index is 0.00000312. The number of benzene rings is 2. The molecule has 0 heterocycles. The molecule has 2 aromatic carbocycles. The molecule has 6 heteroatoms. The van der Waals surface area contributed by atoms with Gasteiger partial charge in [-0.3, -0.25) is 4.79 Å². The van der Waals surface area contributed by atoms with Gasteiger partial charge in [0.05, 0.1) is 19.8 Å². The first-order chi connectivity index (χ1) is 11.5. The number of methoxy groups -OCH3 is 2. The van der Waals surface area contributed by atoms with Gasteiger partial charge in [-0.2, -0.15) is 0 Å². The van der Waals surface area contributed by atoms with Crippen molar-refractivity contribution in [2.75, 3.05) is 14.2 Å². The van der Waals surface area contributed by atoms with E-state index in [4.69, 9.17) is 9.47 Å². The molecule has 0 unspecified atom stereocenters. The third-order valence-corrected chi connectivity index (χ3v) is 3.70. The molecule has 0 aliphatic rings. The topological polar surface area (TPSA) is 75.7 Å². The van der Waals surface area contributed by atoms with Crippen LogP contribution in [0.4, 0.5) is 0 Å². The number of hydrogen-bond donors (Lipinski definition) is 0. The minimum Gasteiger partial charge on any atom is -0.550 e. The molecule has 0 aliphatic heterocycles. The van der Waals surface area contributed by atoms with Gasteiger partial charge in [-0.25, -0.2) is 0 Å². The van der Waals surface area contributed by atoms with E-state index in [9.17, 15) is 14.7 Å². The predicted octanol–water partition coefficient (Wildman–Crippen LogP) is -0.989. The number of carboxylic acids is 1. The summed E-state index contributed by atoms with van der Waals surface area (Å²) in [5.74, 6) is -0.562. The average Bonchev–Trinajstić information content (AvgIpc) is 2.60. The molecule has 0 aromatic heterocycles. The number of ketones is 1. The Labute approximate surface area is 169 Å². The van der Waals surface area contributed by atoms with Crippen molar-refractivity contribution in [1.82, 2.24) is 0 Å². The van der Waals surface area contributed by atoms with Crippen molar-refractivity contribution in [3.05, 3.63) is 59.2 Å². The first-order valence-corrected chi connectivity index (χ1v) is 7.57. The monoisotopic (exact) mass is 350 g/mol. The Kier molecular flexibility index (Phi) is 8.69. The van der Waals surface area contributed by atoms with Crippen LogP contribution in [0.1, 0.15) is 34.3 Å². The van der Waals surface area contributed by atoms with Gasteiger partial charge in [0.15, 0.2) is 5.78 Å². The van der Waals surface area contributed by atoms with Gasteiger partial charge in [0, 0.05) is 24.9 Å². The molecule has 2 rings (SSSR count). The van der Waals surface area contributed by atoms with Crippen molar-refractivity contribution in [1.29, 1.82) is 0 Å². The number of carboxylic acid groups (broad SMARTS) is 1. The number of carbonyl (C=O) groups is 2. The zero-order valence-electron chi connectivity index (χ0n) is 14.7. The molecule has 0 amide bonds. The minimum absolute atomic E-state index is 0. The van der Waals surface area contributed by atoms with Crippen molar-refractivity contribution in [2.45, 2.75) is 19.3 Å². The van der Waals surface area contributed by atoms with E-state index >= 15 is 0 Å². The van der Waals surface area contributed by atoms with Crippen molar-refractivity contribution in [3.8, 4) is 11.5 Å². The first kappa shape index (κ1) is 21.2. The molecule has 0 bridgehead atoms. The summed E-state index contributed by atoms with van der Waals surface area (Å²) in [5, 5.41) is 10.6. The number of carbonyl (C=O) groups excluding carboxylic acids is 2. The Hall–Kier alpha value is -1.82. The van der Waals surface area contributed by atoms with Crippen LogP contribution >= 0.6 is 0 Å². The van der Waals surface area contributed by atoms with E-state index in [1.165, 1.54) is 7.11 Å². The van der Waals surface area contributed by atoms with Crippen LogP contribution in [0.25, 0.3) is 0 Å². The van der Waals surface area contributed by atoms with Crippen molar-refractivity contribution in [2.24, 2.45) is 0 Å². The normalized spacial score (nSPS) is 9.84. The molecule has 0 saturated heterocycles. The Morgan fingerprint density at radius 3 is 2.16 bits per heavy atom. The summed E-state index contributed by atoms with van der Waals surface area (Å²) in [5.41, 5.74) is 2.26. The van der Waals surface area contributed by atoms with Crippen LogP contribution in [0.5, 0.6) is 11.5 Å². The van der Waals surface area contributed by atoms with Crippen LogP contribution < -0.4 is 44.1 Å². The fourth-order valence-electron chi connectivity index (χ4n) is 2.49. The van der Waals surface area contributed by atoms with Crippen LogP contribution in [0, 0.1) is 0 Å². The van der Waals surface area contributed by atoms with Gasteiger partial charge in [-0.1, -0.05) is 30.3 Å². The molecule has 126 valence electrons. The van der Waals surface area contributed by atoms with Gasteiger partial charge in [0.2, 0.25) is 0 Å². The molecular formula is C19H19NaO5. The summed E-state index contributed by atoms with van der Waals surface area (Å²) in [6.07, 6.45) is 0.145. The summed E-state index contributed by atoms with van der Waals surface area (Å²) in [4.78, 5) is 22.9. The number of rotatable bonds is 8. The number of Topliss-reactive ketones (excluding diaryl/α,β-unsaturated/α-hetero) is 1. The van der Waals surface area contributed by atoms with E-state index in [0.29, 0.717) is 23.5 Å². The fraction of sp³-hybridized carbons (Fsp3) is 0.263. The molecular weight excluding hydrogens is 331 g/mol. The minimum atomic E-state index is -1.25. The van der Waals surface area contributed by atoms with E-state index in [2.05, 4.69) is 0 Å². The summed E-state index contributed by atoms with van der Waals surface area (Å²) in [7, 11) is 3.02. The van der Waals surface area contributed by atoms with E-state index in [0.717, 1.165) is 11.1 Å². The van der Waals surface area contributed by atoms with Crippen LogP contribution in [-0.2, 0) is 11.2 Å². The van der Waals surface area contributed by atoms with Crippen LogP contribution in [0.2, 0.25) is 0 Å². The van der Waals surface area contributed by atoms with Crippen LogP contribution in [0.3, 0.4) is 0 Å². The van der Waals surface area contributed by atoms with Gasteiger partial charge in [-0.15, -0.1) is 0 Å². The van der Waals surface area contributed by atoms with Gasteiger partial charge < -0.3 is 19.4 Å². The van der Waals surface area contributed by atoms with Gasteiger partial charge in [0.25, 0.3) is 0 Å². The average molecular weight is 350 g/mol. The third-order valence-electron chi connectivity index (χ3n) is 3.70. The smallest absolute Gasteiger partial charge is 0.550 e. The summed E-state index contributed by atoms with van der Waals surface area (Å²) >= 11 is 0. The van der Waals surface area contributed by atoms with Gasteiger partial charge in [0.1, 0.15) is 11.5 Å². The largest absolute Gasteiger partial charge is 1.00 e. The number of aliphatic carboxylic acids is 1. The summed E-state index contributed by atoms with van der Waals surface area (Å²) < 4.78 is 10.7. The van der Waals surface area contributed by atoms with Crippen LogP contribution in [0.15, 0.2) is 42.5 Å². The number of ether oxygens (including phenoxy) is 2. The molecule has 0 aliphatic carbocycles. The zero-order chi connectivity index (χ0) is 17.5. The number of hydrogen-bond acceptors (Lipinski definition) is 5. The van der Waals surface area contributed by atoms with Crippen molar-refractivity contribution in [3.63, 3.8) is 0 Å². The zero-order valence-corrected chi connectivity index (χ0v) is 16.7. The molecule has 0 atom stereocenters. The van der Waals surface area contributed by atoms with Crippen molar-refractivity contribution < 1.29 is 53.7 Å². The van der Waals surface area contributed by atoms with E-state index in [1.807, 2.05) is 30.3 Å². The second-order valence-corrected chi connectivity index (χ2v) is 5.32. The maximum atomic E-state index is 12.3. The predicted molar refractivity (Wildman–Crippen MR) is 87.4 cm³/mol. The van der Waals surface area contributed by atoms with Crippen molar-refractivity contribution >= 4 is 11.8 Å². The maximum absolute atomic E-state index is 12.3. The molecule has 5 nitrogen and oxygen atoms in total. The summed E-state index contributed by atoms with van der Waals surface area (Å²) in [6, 6.07) is 13.2. The SMILES string of the molecule is COc1cc(OC)c(C(=O)CCC(=O)[O-])cc1Cc1ccccc1.[Na+]. The summed E-state index contributed by atoms with van der Waals surface area (Å²) in [6.45, 7) is 0. The maximum Gasteiger partial charge on any atom is 1.00 e. The molecule has 25 heavy (non-hydrogen) atoms. The molecule has 0 fully saturated rings. The standard InChI is InChI=1S/C19H20O5.Na/c1-23-17-12-18(24-2)15(16(20)8-9-19(21)22)11-14(17)10-13-6-4-3-5-7-13;/h3-7,11-12H,8-10H2,1-2H3,(H,21,22);/q;+1/p-1.